The minimum atomic E-state index is -1.88. The molecule has 3 aliphatic rings. The van der Waals surface area contributed by atoms with Crippen molar-refractivity contribution >= 4 is 20.1 Å². The summed E-state index contributed by atoms with van der Waals surface area (Å²) < 4.78 is 23.7. The van der Waals surface area contributed by atoms with Crippen molar-refractivity contribution in [3.8, 4) is 0 Å². The van der Waals surface area contributed by atoms with Gasteiger partial charge in [-0.15, -0.1) is 0 Å². The second kappa shape index (κ2) is 7.68. The molecule has 2 aliphatic carbocycles. The first-order valence-electron chi connectivity index (χ1n) is 11.2. The molecule has 6 nitrogen and oxygen atoms in total. The van der Waals surface area contributed by atoms with E-state index in [2.05, 4.69) is 27.7 Å². The van der Waals surface area contributed by atoms with Gasteiger partial charge in [-0.05, 0) is 49.7 Å². The van der Waals surface area contributed by atoms with Crippen LogP contribution in [-0.2, 0) is 28.2 Å². The van der Waals surface area contributed by atoms with Crippen LogP contribution in [0.4, 0.5) is 0 Å². The quantitative estimate of drug-likeness (QED) is 0.363. The highest BCUT2D eigenvalue weighted by atomic mass is 28.4. The van der Waals surface area contributed by atoms with E-state index in [-0.39, 0.29) is 35.1 Å². The smallest absolute Gasteiger partial charge is 0.319 e. The third-order valence-corrected chi connectivity index (χ3v) is 8.72. The molecule has 3 rings (SSSR count). The number of Topliss-reactive ketones (excluding diaryl/α,β-unsaturated/α-hetero) is 1. The topological polar surface area (TPSA) is 71.1 Å². The van der Waals surface area contributed by atoms with Crippen LogP contribution in [0.2, 0.25) is 19.6 Å². The third-order valence-electron chi connectivity index (χ3n) is 7.71. The van der Waals surface area contributed by atoms with Crippen molar-refractivity contribution < 1.29 is 28.2 Å². The molecule has 0 aromatic heterocycles. The van der Waals surface area contributed by atoms with Crippen LogP contribution in [0.5, 0.6) is 0 Å². The van der Waals surface area contributed by atoms with E-state index in [4.69, 9.17) is 18.6 Å². The Bertz CT molecular complexity index is 688. The molecular formula is C23H40O6Si. The van der Waals surface area contributed by atoms with Gasteiger partial charge in [0.2, 0.25) is 0 Å². The predicted molar refractivity (Wildman–Crippen MR) is 116 cm³/mol. The Balaban J connectivity index is 1.86. The predicted octanol–water partition coefficient (Wildman–Crippen LogP) is 4.18. The summed E-state index contributed by atoms with van der Waals surface area (Å²) in [5.41, 5.74) is -1.28. The number of carbonyl (C=O) groups excluding carboxylic acids is 2. The van der Waals surface area contributed by atoms with Crippen LogP contribution in [0.15, 0.2) is 0 Å². The lowest BCUT2D eigenvalue weighted by atomic mass is 9.61. The number of hydrogen-bond acceptors (Lipinski definition) is 6. The van der Waals surface area contributed by atoms with E-state index in [0.717, 1.165) is 6.42 Å². The van der Waals surface area contributed by atoms with E-state index >= 15 is 0 Å². The molecule has 30 heavy (non-hydrogen) atoms. The van der Waals surface area contributed by atoms with Crippen molar-refractivity contribution in [2.45, 2.75) is 78.8 Å². The van der Waals surface area contributed by atoms with Crippen molar-refractivity contribution in [3.05, 3.63) is 0 Å². The Morgan fingerprint density at radius 3 is 2.17 bits per heavy atom. The molecule has 0 aromatic rings. The van der Waals surface area contributed by atoms with E-state index in [1.807, 2.05) is 19.6 Å². The molecule has 0 aromatic carbocycles. The fourth-order valence-corrected chi connectivity index (χ4v) is 6.20. The fraction of sp³-hybridized carbons (Fsp3) is 0.913. The Labute approximate surface area is 182 Å². The molecule has 172 valence electrons. The lowest BCUT2D eigenvalue weighted by Crippen LogP contribution is -2.55. The highest BCUT2D eigenvalue weighted by Gasteiger charge is 2.66. The van der Waals surface area contributed by atoms with E-state index in [9.17, 15) is 9.59 Å². The lowest BCUT2D eigenvalue weighted by Gasteiger charge is -2.53. The van der Waals surface area contributed by atoms with Crippen molar-refractivity contribution in [1.82, 2.24) is 0 Å². The highest BCUT2D eigenvalue weighted by Crippen LogP contribution is 2.64. The number of esters is 1. The van der Waals surface area contributed by atoms with Crippen LogP contribution in [0.25, 0.3) is 0 Å². The van der Waals surface area contributed by atoms with E-state index in [0.29, 0.717) is 32.5 Å². The fourth-order valence-electron chi connectivity index (χ4n) is 5.63. The zero-order valence-corrected chi connectivity index (χ0v) is 21.1. The zero-order chi connectivity index (χ0) is 22.6. The number of carbonyl (C=O) groups is 2. The first-order valence-corrected chi connectivity index (χ1v) is 14.6. The number of ether oxygens (including phenoxy) is 3. The van der Waals surface area contributed by atoms with Crippen LogP contribution in [0.1, 0.15) is 53.4 Å². The van der Waals surface area contributed by atoms with Crippen molar-refractivity contribution in [1.29, 1.82) is 0 Å². The number of hydrogen-bond donors (Lipinski definition) is 0. The molecular weight excluding hydrogens is 400 g/mol. The zero-order valence-electron chi connectivity index (χ0n) is 20.1. The van der Waals surface area contributed by atoms with Crippen LogP contribution < -0.4 is 0 Å². The van der Waals surface area contributed by atoms with Gasteiger partial charge in [-0.25, -0.2) is 0 Å². The Hall–Kier alpha value is -0.763. The van der Waals surface area contributed by atoms with Gasteiger partial charge in [-0.3, -0.25) is 9.59 Å². The number of fused-ring (bicyclic) bond motifs is 1. The second-order valence-corrected chi connectivity index (χ2v) is 16.5. The molecule has 0 bridgehead atoms. The summed E-state index contributed by atoms with van der Waals surface area (Å²) >= 11 is 0. The standard InChI is InChI=1S/C23H40O6Si/c1-16-9-23(27-14-20(2,3)15-28-23)11-17-10-22(19(25)26-5,13-21(16,17)4)18(24)12-29-30(6,7)8/h16-17H,9-15H2,1-8H3/t16-,17-,21+,22+/m0/s1. The molecule has 1 saturated heterocycles. The summed E-state index contributed by atoms with van der Waals surface area (Å²) in [6.45, 7) is 16.2. The molecule has 1 aliphatic heterocycles. The van der Waals surface area contributed by atoms with E-state index < -0.39 is 25.5 Å². The Morgan fingerprint density at radius 2 is 1.63 bits per heavy atom. The molecule has 7 heteroatoms. The summed E-state index contributed by atoms with van der Waals surface area (Å²) in [7, 11) is -0.502. The molecule has 2 saturated carbocycles. The number of methoxy groups -OCH3 is 1. The van der Waals surface area contributed by atoms with Gasteiger partial charge in [-0.1, -0.05) is 27.7 Å². The second-order valence-electron chi connectivity index (χ2n) is 11.9. The van der Waals surface area contributed by atoms with Crippen LogP contribution in [0.3, 0.4) is 0 Å². The SMILES string of the molecule is COC(=O)[C@]1(C(=O)CO[Si](C)(C)C)C[C@H]2CC3(C[C@H](C)[C@@]2(C)C1)OCC(C)(C)CO3. The summed E-state index contributed by atoms with van der Waals surface area (Å²) in [5.74, 6) is -0.758. The number of ketones is 1. The Morgan fingerprint density at radius 1 is 1.03 bits per heavy atom. The third kappa shape index (κ3) is 4.27. The first kappa shape index (κ1) is 23.9. The summed E-state index contributed by atoms with van der Waals surface area (Å²) in [4.78, 5) is 26.4. The van der Waals surface area contributed by atoms with Gasteiger partial charge < -0.3 is 18.6 Å². The maximum Gasteiger partial charge on any atom is 0.319 e. The largest absolute Gasteiger partial charge is 0.468 e. The molecule has 4 atom stereocenters. The van der Waals surface area contributed by atoms with E-state index in [1.54, 1.807) is 0 Å². The van der Waals surface area contributed by atoms with Gasteiger partial charge in [0.1, 0.15) is 5.41 Å². The van der Waals surface area contributed by atoms with Gasteiger partial charge >= 0.3 is 5.97 Å². The van der Waals surface area contributed by atoms with Crippen molar-refractivity contribution in [2.24, 2.45) is 28.1 Å². The van der Waals surface area contributed by atoms with Gasteiger partial charge in [0.15, 0.2) is 19.9 Å². The minimum absolute atomic E-state index is 0.00480. The average Bonchev–Trinajstić information content (AvgIpc) is 2.96. The minimum Gasteiger partial charge on any atom is -0.468 e. The van der Waals surface area contributed by atoms with Gasteiger partial charge in [0, 0.05) is 18.3 Å². The van der Waals surface area contributed by atoms with Crippen LogP contribution >= 0.6 is 0 Å². The molecule has 0 N–H and O–H groups in total. The molecule has 1 heterocycles. The Kier molecular flexibility index (Phi) is 6.11. The van der Waals surface area contributed by atoms with E-state index in [1.165, 1.54) is 7.11 Å². The van der Waals surface area contributed by atoms with Gasteiger partial charge in [-0.2, -0.15) is 0 Å². The van der Waals surface area contributed by atoms with Gasteiger partial charge in [0.05, 0.1) is 26.9 Å². The summed E-state index contributed by atoms with van der Waals surface area (Å²) in [5, 5.41) is 0. The first-order chi connectivity index (χ1) is 13.7. The van der Waals surface area contributed by atoms with Crippen LogP contribution in [-0.4, -0.2) is 52.8 Å². The monoisotopic (exact) mass is 440 g/mol. The highest BCUT2D eigenvalue weighted by molar-refractivity contribution is 6.69. The summed E-state index contributed by atoms with van der Waals surface area (Å²) in [6, 6.07) is 0. The maximum absolute atomic E-state index is 13.4. The van der Waals surface area contributed by atoms with Gasteiger partial charge in [0.25, 0.3) is 0 Å². The van der Waals surface area contributed by atoms with Crippen LogP contribution in [0, 0.1) is 28.1 Å². The lowest BCUT2D eigenvalue weighted by molar-refractivity contribution is -0.329. The number of rotatable bonds is 5. The molecule has 3 fully saturated rings. The molecule has 0 unspecified atom stereocenters. The average molecular weight is 441 g/mol. The molecule has 1 spiro atoms. The molecule has 0 radical (unpaired) electrons. The molecule has 0 amide bonds. The van der Waals surface area contributed by atoms with Crippen molar-refractivity contribution in [2.75, 3.05) is 26.9 Å². The maximum atomic E-state index is 13.4. The summed E-state index contributed by atoms with van der Waals surface area (Å²) in [6.07, 6.45) is 2.48. The van der Waals surface area contributed by atoms with Crippen molar-refractivity contribution in [3.63, 3.8) is 0 Å². The normalized spacial score (nSPS) is 37.6.